The van der Waals surface area contributed by atoms with Crippen LogP contribution < -0.4 is 0 Å². The van der Waals surface area contributed by atoms with E-state index in [4.69, 9.17) is 5.11 Å². The summed E-state index contributed by atoms with van der Waals surface area (Å²) in [7, 11) is 0. The SMILES string of the molecule is O=C(O)CCC1=NN=C2N=NN=C2C1. The molecule has 7 nitrogen and oxygen atoms in total. The minimum atomic E-state index is -0.842. The number of nitrogens with zero attached hydrogens (tertiary/aromatic N) is 5. The lowest BCUT2D eigenvalue weighted by Crippen LogP contribution is -2.18. The van der Waals surface area contributed by atoms with Crippen molar-refractivity contribution in [3.05, 3.63) is 0 Å². The van der Waals surface area contributed by atoms with Gasteiger partial charge in [0.2, 0.25) is 5.84 Å². The maximum atomic E-state index is 10.3. The van der Waals surface area contributed by atoms with Crippen molar-refractivity contribution in [1.29, 1.82) is 0 Å². The van der Waals surface area contributed by atoms with Gasteiger partial charge in [-0.25, -0.2) is 0 Å². The molecule has 72 valence electrons. The van der Waals surface area contributed by atoms with Gasteiger partial charge in [-0.3, -0.25) is 4.79 Å². The molecular weight excluding hydrogens is 186 g/mol. The lowest BCUT2D eigenvalue weighted by atomic mass is 10.1. The number of carboxylic acids is 1. The van der Waals surface area contributed by atoms with Crippen molar-refractivity contribution in [2.45, 2.75) is 19.3 Å². The Morgan fingerprint density at radius 3 is 3.00 bits per heavy atom. The van der Waals surface area contributed by atoms with Crippen molar-refractivity contribution in [3.8, 4) is 0 Å². The van der Waals surface area contributed by atoms with E-state index in [0.717, 1.165) is 0 Å². The van der Waals surface area contributed by atoms with Gasteiger partial charge in [-0.15, -0.1) is 15.3 Å². The highest BCUT2D eigenvalue weighted by Crippen LogP contribution is 2.12. The van der Waals surface area contributed by atoms with Crippen LogP contribution in [0.25, 0.3) is 0 Å². The van der Waals surface area contributed by atoms with E-state index in [1.807, 2.05) is 0 Å². The van der Waals surface area contributed by atoms with Gasteiger partial charge < -0.3 is 5.11 Å². The first-order valence-electron chi connectivity index (χ1n) is 4.09. The predicted molar refractivity (Wildman–Crippen MR) is 48.6 cm³/mol. The monoisotopic (exact) mass is 193 g/mol. The van der Waals surface area contributed by atoms with Crippen LogP contribution in [0.1, 0.15) is 19.3 Å². The van der Waals surface area contributed by atoms with Crippen LogP contribution in [-0.4, -0.2) is 28.3 Å². The van der Waals surface area contributed by atoms with Gasteiger partial charge in [0.25, 0.3) is 0 Å². The number of amidine groups is 1. The molecule has 0 aromatic carbocycles. The fourth-order valence-corrected chi connectivity index (χ4v) is 1.15. The van der Waals surface area contributed by atoms with Crippen LogP contribution in [0.15, 0.2) is 25.6 Å². The van der Waals surface area contributed by atoms with Crippen molar-refractivity contribution >= 4 is 23.2 Å². The van der Waals surface area contributed by atoms with Gasteiger partial charge in [0.15, 0.2) is 0 Å². The third-order valence-electron chi connectivity index (χ3n) is 1.85. The van der Waals surface area contributed by atoms with Crippen LogP contribution in [-0.2, 0) is 4.79 Å². The molecule has 7 heteroatoms. The number of carbonyl (C=O) groups is 1. The third kappa shape index (κ3) is 1.70. The molecular formula is C7H7N5O2. The summed E-state index contributed by atoms with van der Waals surface area (Å²) in [6.45, 7) is 0. The third-order valence-corrected chi connectivity index (χ3v) is 1.85. The highest BCUT2D eigenvalue weighted by Gasteiger charge is 2.20. The van der Waals surface area contributed by atoms with E-state index in [2.05, 4.69) is 25.6 Å². The Morgan fingerprint density at radius 1 is 1.36 bits per heavy atom. The summed E-state index contributed by atoms with van der Waals surface area (Å²) in [4.78, 5) is 10.3. The first kappa shape index (κ1) is 8.67. The Kier molecular flexibility index (Phi) is 2.13. The van der Waals surface area contributed by atoms with Crippen LogP contribution in [0, 0.1) is 0 Å². The molecule has 0 fully saturated rings. The van der Waals surface area contributed by atoms with Gasteiger partial charge in [-0.2, -0.15) is 5.10 Å². The number of carboxylic acid groups (broad SMARTS) is 1. The molecule has 0 spiro atoms. The van der Waals surface area contributed by atoms with Gasteiger partial charge in [-0.1, -0.05) is 0 Å². The summed E-state index contributed by atoms with van der Waals surface area (Å²) in [6.07, 6.45) is 0.954. The van der Waals surface area contributed by atoms with Crippen LogP contribution in [0.5, 0.6) is 0 Å². The highest BCUT2D eigenvalue weighted by molar-refractivity contribution is 6.46. The van der Waals surface area contributed by atoms with E-state index < -0.39 is 5.97 Å². The summed E-state index contributed by atoms with van der Waals surface area (Å²) in [6, 6.07) is 0. The van der Waals surface area contributed by atoms with Gasteiger partial charge >= 0.3 is 5.97 Å². The van der Waals surface area contributed by atoms with Crippen molar-refractivity contribution in [3.63, 3.8) is 0 Å². The van der Waals surface area contributed by atoms with E-state index in [1.165, 1.54) is 0 Å². The normalized spacial score (nSPS) is 18.4. The molecule has 0 saturated heterocycles. The van der Waals surface area contributed by atoms with Crippen molar-refractivity contribution < 1.29 is 9.90 Å². The molecule has 0 aliphatic carbocycles. The van der Waals surface area contributed by atoms with Gasteiger partial charge in [0.05, 0.1) is 6.42 Å². The van der Waals surface area contributed by atoms with Crippen LogP contribution in [0.4, 0.5) is 0 Å². The van der Waals surface area contributed by atoms with Gasteiger partial charge in [0, 0.05) is 12.1 Å². The zero-order valence-corrected chi connectivity index (χ0v) is 7.21. The fraction of sp³-hybridized carbons (Fsp3) is 0.429. The number of rotatable bonds is 3. The second kappa shape index (κ2) is 3.44. The first-order chi connectivity index (χ1) is 6.75. The molecule has 0 radical (unpaired) electrons. The zero-order valence-electron chi connectivity index (χ0n) is 7.21. The molecule has 1 N–H and O–H groups in total. The number of hydrogen-bond donors (Lipinski definition) is 1. The molecule has 2 heterocycles. The first-order valence-corrected chi connectivity index (χ1v) is 4.09. The van der Waals surface area contributed by atoms with E-state index in [0.29, 0.717) is 30.1 Å². The van der Waals surface area contributed by atoms with Crippen molar-refractivity contribution in [1.82, 2.24) is 0 Å². The largest absolute Gasteiger partial charge is 0.481 e. The Labute approximate surface area is 78.9 Å². The molecule has 2 aliphatic heterocycles. The number of hydrogen-bond acceptors (Lipinski definition) is 6. The Bertz CT molecular complexity index is 393. The molecule has 0 saturated carbocycles. The summed E-state index contributed by atoms with van der Waals surface area (Å²) in [5.74, 6) is -0.408. The van der Waals surface area contributed by atoms with Crippen LogP contribution in [0.2, 0.25) is 0 Å². The minimum Gasteiger partial charge on any atom is -0.481 e. The molecule has 0 atom stereocenters. The molecule has 0 aromatic heterocycles. The average molecular weight is 193 g/mol. The average Bonchev–Trinajstić information content (AvgIpc) is 2.61. The van der Waals surface area contributed by atoms with Crippen LogP contribution >= 0.6 is 0 Å². The standard InChI is InChI=1S/C7H7N5O2/c13-6(14)2-1-4-3-5-7(10-8-4)11-12-9-5/h1-3H2,(H,13,14). The highest BCUT2D eigenvalue weighted by atomic mass is 16.4. The summed E-state index contributed by atoms with van der Waals surface area (Å²) in [5.41, 5.74) is 1.38. The van der Waals surface area contributed by atoms with Crippen molar-refractivity contribution in [2.75, 3.05) is 0 Å². The molecule has 0 amide bonds. The molecule has 0 unspecified atom stereocenters. The zero-order chi connectivity index (χ0) is 9.97. The van der Waals surface area contributed by atoms with E-state index in [1.54, 1.807) is 0 Å². The molecule has 2 aliphatic rings. The molecule has 14 heavy (non-hydrogen) atoms. The summed E-state index contributed by atoms with van der Waals surface area (Å²) < 4.78 is 0. The fourth-order valence-electron chi connectivity index (χ4n) is 1.15. The second-order valence-electron chi connectivity index (χ2n) is 2.90. The molecule has 2 rings (SSSR count). The Morgan fingerprint density at radius 2 is 2.21 bits per heavy atom. The van der Waals surface area contributed by atoms with Gasteiger partial charge in [-0.05, 0) is 11.6 Å². The predicted octanol–water partition coefficient (Wildman–Crippen LogP) is 0.831. The van der Waals surface area contributed by atoms with E-state index in [9.17, 15) is 4.79 Å². The van der Waals surface area contributed by atoms with Gasteiger partial charge in [0.1, 0.15) is 5.71 Å². The second-order valence-corrected chi connectivity index (χ2v) is 2.90. The van der Waals surface area contributed by atoms with E-state index in [-0.39, 0.29) is 6.42 Å². The number of fused-ring (bicyclic) bond motifs is 1. The topological polar surface area (TPSA) is 99.1 Å². The smallest absolute Gasteiger partial charge is 0.303 e. The quantitative estimate of drug-likeness (QED) is 0.717. The summed E-state index contributed by atoms with van der Waals surface area (Å²) in [5, 5.41) is 26.9. The lowest BCUT2D eigenvalue weighted by Gasteiger charge is -2.06. The summed E-state index contributed by atoms with van der Waals surface area (Å²) >= 11 is 0. The Balaban J connectivity index is 2.01. The number of aliphatic carboxylic acids is 1. The van der Waals surface area contributed by atoms with Crippen LogP contribution in [0.3, 0.4) is 0 Å². The maximum Gasteiger partial charge on any atom is 0.303 e. The molecule has 0 aromatic rings. The van der Waals surface area contributed by atoms with E-state index >= 15 is 0 Å². The minimum absolute atomic E-state index is 0.0608. The lowest BCUT2D eigenvalue weighted by molar-refractivity contribution is -0.136. The van der Waals surface area contributed by atoms with Crippen molar-refractivity contribution in [2.24, 2.45) is 25.6 Å². The maximum absolute atomic E-state index is 10.3. The Hall–Kier alpha value is -1.92. The molecule has 0 bridgehead atoms.